The van der Waals surface area contributed by atoms with Crippen LogP contribution in [0.5, 0.6) is 0 Å². The van der Waals surface area contributed by atoms with Crippen molar-refractivity contribution in [3.8, 4) is 0 Å². The van der Waals surface area contributed by atoms with Crippen LogP contribution in [0.4, 0.5) is 4.39 Å². The molecule has 2 nitrogen and oxygen atoms in total. The second kappa shape index (κ2) is 5.73. The highest BCUT2D eigenvalue weighted by Gasteiger charge is 2.28. The first-order valence-corrected chi connectivity index (χ1v) is 6.86. The van der Waals surface area contributed by atoms with Crippen LogP contribution >= 0.6 is 0 Å². The Morgan fingerprint density at radius 3 is 2.65 bits per heavy atom. The smallest absolute Gasteiger partial charge is 0.123 e. The fraction of sp³-hybridized carbons (Fsp3) is 0.294. The molecule has 0 aromatic heterocycles. The first-order valence-electron chi connectivity index (χ1n) is 6.86. The van der Waals surface area contributed by atoms with Crippen LogP contribution < -0.4 is 0 Å². The highest BCUT2D eigenvalue weighted by molar-refractivity contribution is 5.39. The molecule has 1 aliphatic heterocycles. The monoisotopic (exact) mass is 271 g/mol. The predicted octanol–water partition coefficient (Wildman–Crippen LogP) is 3.38. The van der Waals surface area contributed by atoms with Gasteiger partial charge in [-0.2, -0.15) is 0 Å². The van der Waals surface area contributed by atoms with Crippen LogP contribution in [0.2, 0.25) is 0 Å². The summed E-state index contributed by atoms with van der Waals surface area (Å²) in [5, 5.41) is 0. The van der Waals surface area contributed by atoms with Gasteiger partial charge in [0, 0.05) is 13.7 Å². The summed E-state index contributed by atoms with van der Waals surface area (Å²) in [6.07, 6.45) is 1.03. The SMILES string of the molecule is COCN1CCc2ccccc2[C@@H]1c1ccc(F)cc1. The molecule has 0 fully saturated rings. The zero-order chi connectivity index (χ0) is 13.9. The Bertz CT molecular complexity index is 582. The lowest BCUT2D eigenvalue weighted by atomic mass is 9.88. The van der Waals surface area contributed by atoms with Crippen molar-refractivity contribution in [3.05, 3.63) is 71.0 Å². The number of halogens is 1. The van der Waals surface area contributed by atoms with E-state index in [9.17, 15) is 4.39 Å². The van der Waals surface area contributed by atoms with E-state index in [2.05, 4.69) is 29.2 Å². The van der Waals surface area contributed by atoms with Crippen molar-refractivity contribution in [1.82, 2.24) is 4.90 Å². The summed E-state index contributed by atoms with van der Waals surface area (Å²) in [7, 11) is 1.71. The number of rotatable bonds is 3. The zero-order valence-corrected chi connectivity index (χ0v) is 11.6. The third kappa shape index (κ3) is 2.47. The van der Waals surface area contributed by atoms with E-state index in [1.54, 1.807) is 7.11 Å². The van der Waals surface area contributed by atoms with Crippen LogP contribution in [-0.4, -0.2) is 25.3 Å². The summed E-state index contributed by atoms with van der Waals surface area (Å²) in [5.74, 6) is -0.198. The summed E-state index contributed by atoms with van der Waals surface area (Å²) >= 11 is 0. The lowest BCUT2D eigenvalue weighted by molar-refractivity contribution is 0.0390. The maximum Gasteiger partial charge on any atom is 0.123 e. The molecule has 0 saturated carbocycles. The highest BCUT2D eigenvalue weighted by Crippen LogP contribution is 2.34. The minimum absolute atomic E-state index is 0.139. The fourth-order valence-electron chi connectivity index (χ4n) is 2.96. The van der Waals surface area contributed by atoms with Crippen molar-refractivity contribution in [1.29, 1.82) is 0 Å². The summed E-state index contributed by atoms with van der Waals surface area (Å²) in [6, 6.07) is 15.4. The van der Waals surface area contributed by atoms with E-state index in [-0.39, 0.29) is 11.9 Å². The molecular formula is C17H18FNO. The fourth-order valence-corrected chi connectivity index (χ4v) is 2.96. The maximum atomic E-state index is 13.2. The summed E-state index contributed by atoms with van der Waals surface area (Å²) in [4.78, 5) is 2.29. The average molecular weight is 271 g/mol. The molecule has 0 amide bonds. The maximum absolute atomic E-state index is 13.2. The van der Waals surface area contributed by atoms with Gasteiger partial charge in [-0.1, -0.05) is 36.4 Å². The van der Waals surface area contributed by atoms with Crippen molar-refractivity contribution in [2.45, 2.75) is 12.5 Å². The van der Waals surface area contributed by atoms with Crippen LogP contribution in [-0.2, 0) is 11.2 Å². The lowest BCUT2D eigenvalue weighted by Gasteiger charge is -2.37. The molecule has 0 spiro atoms. The van der Waals surface area contributed by atoms with Gasteiger partial charge in [0.25, 0.3) is 0 Å². The molecule has 20 heavy (non-hydrogen) atoms. The van der Waals surface area contributed by atoms with Crippen LogP contribution in [0.1, 0.15) is 22.7 Å². The third-order valence-corrected chi connectivity index (χ3v) is 3.86. The Labute approximate surface area is 118 Å². The summed E-state index contributed by atoms with van der Waals surface area (Å²) in [5.41, 5.74) is 3.77. The van der Waals surface area contributed by atoms with Crippen molar-refractivity contribution in [3.63, 3.8) is 0 Å². The molecule has 3 heteroatoms. The van der Waals surface area contributed by atoms with Crippen molar-refractivity contribution in [2.24, 2.45) is 0 Å². The van der Waals surface area contributed by atoms with Crippen LogP contribution in [0, 0.1) is 5.82 Å². The van der Waals surface area contributed by atoms with E-state index in [1.165, 1.54) is 23.3 Å². The summed E-state index contributed by atoms with van der Waals surface area (Å²) in [6.45, 7) is 1.53. The van der Waals surface area contributed by atoms with Gasteiger partial charge in [0.15, 0.2) is 0 Å². The van der Waals surface area contributed by atoms with E-state index in [4.69, 9.17) is 4.74 Å². The number of fused-ring (bicyclic) bond motifs is 1. The Hall–Kier alpha value is -1.71. The van der Waals surface area contributed by atoms with E-state index in [1.807, 2.05) is 12.1 Å². The molecule has 0 radical (unpaired) electrons. The molecule has 0 saturated heterocycles. The normalized spacial score (nSPS) is 18.8. The Kier molecular flexibility index (Phi) is 3.81. The van der Waals surface area contributed by atoms with Crippen molar-refractivity contribution >= 4 is 0 Å². The molecule has 3 rings (SSSR count). The first-order chi connectivity index (χ1) is 9.79. The minimum Gasteiger partial charge on any atom is -0.369 e. The third-order valence-electron chi connectivity index (χ3n) is 3.86. The number of nitrogens with zero attached hydrogens (tertiary/aromatic N) is 1. The molecule has 0 N–H and O–H groups in total. The van der Waals surface area contributed by atoms with Crippen molar-refractivity contribution < 1.29 is 9.13 Å². The van der Waals surface area contributed by atoms with Gasteiger partial charge in [0.05, 0.1) is 12.8 Å². The molecule has 2 aromatic carbocycles. The zero-order valence-electron chi connectivity index (χ0n) is 11.6. The molecule has 1 atom stereocenters. The van der Waals surface area contributed by atoms with Crippen molar-refractivity contribution in [2.75, 3.05) is 20.4 Å². The Morgan fingerprint density at radius 2 is 1.90 bits per heavy atom. The van der Waals surface area contributed by atoms with E-state index < -0.39 is 0 Å². The topological polar surface area (TPSA) is 12.5 Å². The van der Waals surface area contributed by atoms with Gasteiger partial charge in [-0.3, -0.25) is 4.90 Å². The van der Waals surface area contributed by atoms with Gasteiger partial charge in [0.1, 0.15) is 5.82 Å². The summed E-state index contributed by atoms with van der Waals surface area (Å²) < 4.78 is 18.5. The molecule has 0 bridgehead atoms. The number of benzene rings is 2. The number of methoxy groups -OCH3 is 1. The van der Waals surface area contributed by atoms with Gasteiger partial charge in [-0.25, -0.2) is 4.39 Å². The van der Waals surface area contributed by atoms with E-state index in [0.717, 1.165) is 18.5 Å². The number of hydrogen-bond donors (Lipinski definition) is 0. The number of hydrogen-bond acceptors (Lipinski definition) is 2. The highest BCUT2D eigenvalue weighted by atomic mass is 19.1. The molecule has 2 aromatic rings. The van der Waals surface area contributed by atoms with Gasteiger partial charge < -0.3 is 4.74 Å². The number of ether oxygens (including phenoxy) is 1. The Morgan fingerprint density at radius 1 is 1.15 bits per heavy atom. The van der Waals surface area contributed by atoms with E-state index in [0.29, 0.717) is 6.73 Å². The van der Waals surface area contributed by atoms with Gasteiger partial charge >= 0.3 is 0 Å². The quantitative estimate of drug-likeness (QED) is 0.848. The van der Waals surface area contributed by atoms with Crippen LogP contribution in [0.25, 0.3) is 0 Å². The minimum atomic E-state index is -0.198. The molecule has 0 unspecified atom stereocenters. The predicted molar refractivity (Wildman–Crippen MR) is 77.0 cm³/mol. The largest absolute Gasteiger partial charge is 0.369 e. The Balaban J connectivity index is 2.04. The second-order valence-electron chi connectivity index (χ2n) is 5.13. The van der Waals surface area contributed by atoms with E-state index >= 15 is 0 Å². The van der Waals surface area contributed by atoms with Crippen LogP contribution in [0.3, 0.4) is 0 Å². The molecule has 1 heterocycles. The molecular weight excluding hydrogens is 253 g/mol. The van der Waals surface area contributed by atoms with Gasteiger partial charge in [0.2, 0.25) is 0 Å². The average Bonchev–Trinajstić information content (AvgIpc) is 2.48. The van der Waals surface area contributed by atoms with Gasteiger partial charge in [-0.05, 0) is 35.2 Å². The molecule has 0 aliphatic carbocycles. The second-order valence-corrected chi connectivity index (χ2v) is 5.13. The molecule has 1 aliphatic rings. The molecule has 104 valence electrons. The van der Waals surface area contributed by atoms with Crippen LogP contribution in [0.15, 0.2) is 48.5 Å². The van der Waals surface area contributed by atoms with Gasteiger partial charge in [-0.15, -0.1) is 0 Å². The first kappa shape index (κ1) is 13.3. The standard InChI is InChI=1S/C17H18FNO/c1-20-12-19-11-10-13-4-2-3-5-16(13)17(19)14-6-8-15(18)9-7-14/h2-9,17H,10-12H2,1H3/t17-/m0/s1. The lowest BCUT2D eigenvalue weighted by Crippen LogP contribution is -2.37.